The molecule has 0 saturated carbocycles. The number of phosphoric acid groups is 1. The number of aryl methyl sites for hydroxylation is 1. The number of amides is 4. The molecule has 1 aliphatic rings. The first-order chi connectivity index (χ1) is 23.1. The molecule has 1 atom stereocenters. The summed E-state index contributed by atoms with van der Waals surface area (Å²) in [5, 5.41) is 13.7. The van der Waals surface area contributed by atoms with Crippen LogP contribution in [0.15, 0.2) is 18.2 Å². The lowest BCUT2D eigenvalue weighted by atomic mass is 10.0. The molecule has 1 aromatic carbocycles. The van der Waals surface area contributed by atoms with Gasteiger partial charge in [-0.05, 0) is 56.8 Å². The Morgan fingerprint density at radius 2 is 1.82 bits per heavy atom. The third-order valence-corrected chi connectivity index (χ3v) is 7.88. The fraction of sp³-hybridized carbons (Fsp3) is 0.433. The molecule has 2 aromatic rings. The number of imide groups is 1. The third-order valence-electron chi connectivity index (χ3n) is 7.40. The summed E-state index contributed by atoms with van der Waals surface area (Å²) in [5.41, 5.74) is 1.60. The number of aromatic amines is 1. The number of esters is 1. The standard InChI is InChI=1S/C30H39FN5O12P/c1-5-35(6-2)10-9-32-28(40)27-17(3)23(34-18(27)4)12-22-21-11-19(31)7-8-24(21)36(29(22)41)30(42)46-15-20(16-47-49(43,44)45)48-26(39)13-33-25(38)14-37/h7-8,11-12,20,34,37H,5-6,9-10,13-16H2,1-4H3,(H,32,40)(H,33,38)(H2,43,44,45)/b22-12-. The number of nitrogens with one attached hydrogen (secondary N) is 3. The molecule has 268 valence electrons. The van der Waals surface area contributed by atoms with Crippen LogP contribution in [0.5, 0.6) is 0 Å². The number of hydrogen-bond acceptors (Lipinski definition) is 11. The van der Waals surface area contributed by atoms with Crippen LogP contribution >= 0.6 is 7.82 Å². The lowest BCUT2D eigenvalue weighted by Crippen LogP contribution is -2.39. The molecule has 0 saturated heterocycles. The van der Waals surface area contributed by atoms with Crippen molar-refractivity contribution in [1.82, 2.24) is 20.5 Å². The number of phosphoric ester groups is 1. The summed E-state index contributed by atoms with van der Waals surface area (Å²) in [6, 6.07) is 3.22. The number of ether oxygens (including phenoxy) is 2. The van der Waals surface area contributed by atoms with Gasteiger partial charge in [-0.2, -0.15) is 0 Å². The second kappa shape index (κ2) is 17.3. The van der Waals surface area contributed by atoms with Crippen LogP contribution in [0.3, 0.4) is 0 Å². The Morgan fingerprint density at radius 1 is 1.12 bits per heavy atom. The summed E-state index contributed by atoms with van der Waals surface area (Å²) in [6.45, 7) is 6.65. The molecule has 17 nitrogen and oxygen atoms in total. The van der Waals surface area contributed by atoms with Gasteiger partial charge in [-0.3, -0.25) is 23.7 Å². The Balaban J connectivity index is 1.83. The van der Waals surface area contributed by atoms with Gasteiger partial charge in [-0.25, -0.2) is 18.6 Å². The first-order valence-corrected chi connectivity index (χ1v) is 16.6. The number of anilines is 1. The third kappa shape index (κ3) is 10.5. The molecule has 4 amide bonds. The van der Waals surface area contributed by atoms with E-state index in [0.717, 1.165) is 25.2 Å². The molecule has 2 heterocycles. The van der Waals surface area contributed by atoms with E-state index in [2.05, 4.69) is 19.7 Å². The fourth-order valence-electron chi connectivity index (χ4n) is 4.92. The van der Waals surface area contributed by atoms with Crippen molar-refractivity contribution in [2.45, 2.75) is 33.8 Å². The van der Waals surface area contributed by atoms with Crippen molar-refractivity contribution >= 4 is 54.9 Å². The van der Waals surface area contributed by atoms with E-state index >= 15 is 0 Å². The van der Waals surface area contributed by atoms with Crippen LogP contribution in [-0.2, 0) is 32.9 Å². The number of rotatable bonds is 16. The van der Waals surface area contributed by atoms with E-state index in [0.29, 0.717) is 40.5 Å². The van der Waals surface area contributed by atoms with E-state index in [-0.39, 0.29) is 22.7 Å². The Kier molecular flexibility index (Phi) is 13.8. The van der Waals surface area contributed by atoms with E-state index < -0.39 is 70.0 Å². The maximum absolute atomic E-state index is 14.4. The summed E-state index contributed by atoms with van der Waals surface area (Å²) in [5.74, 6) is -4.00. The number of hydrogen-bond donors (Lipinski definition) is 6. The SMILES string of the molecule is CCN(CC)CCNC(=O)c1c(C)[nH]c(/C=C2\C(=O)N(C(=O)OCC(COP(=O)(O)O)OC(=O)CNC(=O)CO)c3ccc(F)cc32)c1C. The second-order valence-corrected chi connectivity index (χ2v) is 12.0. The highest BCUT2D eigenvalue weighted by Gasteiger charge is 2.39. The summed E-state index contributed by atoms with van der Waals surface area (Å²) >= 11 is 0. The molecule has 3 rings (SSSR count). The van der Waals surface area contributed by atoms with Crippen molar-refractivity contribution in [1.29, 1.82) is 0 Å². The Morgan fingerprint density at radius 3 is 2.45 bits per heavy atom. The van der Waals surface area contributed by atoms with Gasteiger partial charge in [0.05, 0.1) is 23.4 Å². The van der Waals surface area contributed by atoms with Gasteiger partial charge in [0.2, 0.25) is 5.91 Å². The normalized spacial score (nSPS) is 14.2. The van der Waals surface area contributed by atoms with E-state index in [1.54, 1.807) is 13.8 Å². The average molecular weight is 712 g/mol. The number of aliphatic hydroxyl groups excluding tert-OH is 1. The van der Waals surface area contributed by atoms with Crippen LogP contribution < -0.4 is 15.5 Å². The van der Waals surface area contributed by atoms with Crippen molar-refractivity contribution in [2.24, 2.45) is 0 Å². The summed E-state index contributed by atoms with van der Waals surface area (Å²) in [7, 11) is -5.06. The van der Waals surface area contributed by atoms with Gasteiger partial charge in [0.15, 0.2) is 6.10 Å². The lowest BCUT2D eigenvalue weighted by Gasteiger charge is -2.20. The molecule has 1 aromatic heterocycles. The molecule has 0 fully saturated rings. The number of carbonyl (C=O) groups excluding carboxylic acids is 5. The molecule has 1 unspecified atom stereocenters. The minimum absolute atomic E-state index is 0.0336. The van der Waals surface area contributed by atoms with Gasteiger partial charge in [-0.15, -0.1) is 0 Å². The zero-order valence-corrected chi connectivity index (χ0v) is 28.2. The van der Waals surface area contributed by atoms with Gasteiger partial charge < -0.3 is 44.9 Å². The number of halogens is 1. The van der Waals surface area contributed by atoms with E-state index in [9.17, 15) is 32.9 Å². The molecular weight excluding hydrogens is 672 g/mol. The van der Waals surface area contributed by atoms with Crippen LogP contribution in [0.25, 0.3) is 11.6 Å². The molecule has 19 heteroatoms. The lowest BCUT2D eigenvalue weighted by molar-refractivity contribution is -0.153. The monoisotopic (exact) mass is 711 g/mol. The van der Waals surface area contributed by atoms with Crippen molar-refractivity contribution in [3.8, 4) is 0 Å². The van der Waals surface area contributed by atoms with Crippen LogP contribution in [0.4, 0.5) is 14.9 Å². The maximum atomic E-state index is 14.4. The number of carbonyl (C=O) groups is 5. The van der Waals surface area contributed by atoms with Crippen molar-refractivity contribution < 1.29 is 61.8 Å². The summed E-state index contributed by atoms with van der Waals surface area (Å²) in [4.78, 5) is 87.2. The number of aromatic nitrogens is 1. The highest BCUT2D eigenvalue weighted by molar-refractivity contribution is 7.46. The van der Waals surface area contributed by atoms with Crippen molar-refractivity contribution in [2.75, 3.05) is 57.4 Å². The zero-order chi connectivity index (χ0) is 36.5. The summed E-state index contributed by atoms with van der Waals surface area (Å²) < 4.78 is 40.1. The van der Waals surface area contributed by atoms with Crippen LogP contribution in [0, 0.1) is 19.7 Å². The van der Waals surface area contributed by atoms with E-state index in [1.807, 2.05) is 19.2 Å². The molecule has 0 aliphatic carbocycles. The highest BCUT2D eigenvalue weighted by Crippen LogP contribution is 2.39. The first kappa shape index (κ1) is 39.0. The molecule has 0 bridgehead atoms. The first-order valence-electron chi connectivity index (χ1n) is 15.1. The van der Waals surface area contributed by atoms with E-state index in [1.165, 1.54) is 12.1 Å². The number of fused-ring (bicyclic) bond motifs is 1. The van der Waals surface area contributed by atoms with Gasteiger partial charge in [0, 0.05) is 30.0 Å². The molecule has 0 radical (unpaired) electrons. The maximum Gasteiger partial charge on any atom is 0.469 e. The van der Waals surface area contributed by atoms with Crippen molar-refractivity contribution in [3.63, 3.8) is 0 Å². The second-order valence-electron chi connectivity index (χ2n) is 10.7. The van der Waals surface area contributed by atoms with Gasteiger partial charge in [0.25, 0.3) is 11.8 Å². The van der Waals surface area contributed by atoms with Gasteiger partial charge in [0.1, 0.15) is 25.6 Å². The van der Waals surface area contributed by atoms with Gasteiger partial charge >= 0.3 is 19.9 Å². The zero-order valence-electron chi connectivity index (χ0n) is 27.3. The van der Waals surface area contributed by atoms with Crippen LogP contribution in [0.1, 0.15) is 46.7 Å². The Bertz CT molecular complexity index is 1650. The number of likely N-dealkylation sites (N-methyl/N-ethyl adjacent to an activating group) is 1. The van der Waals surface area contributed by atoms with Gasteiger partial charge in [-0.1, -0.05) is 13.8 Å². The molecule has 49 heavy (non-hydrogen) atoms. The fourth-order valence-corrected chi connectivity index (χ4v) is 5.28. The van der Waals surface area contributed by atoms with E-state index in [4.69, 9.17) is 24.4 Å². The minimum atomic E-state index is -5.06. The quantitative estimate of drug-likeness (QED) is 0.0811. The highest BCUT2D eigenvalue weighted by atomic mass is 31.2. The summed E-state index contributed by atoms with van der Waals surface area (Å²) in [6.07, 6.45) is -1.54. The predicted octanol–water partition coefficient (Wildman–Crippen LogP) is 0.996. The largest absolute Gasteiger partial charge is 0.469 e. The minimum Gasteiger partial charge on any atom is -0.455 e. The average Bonchev–Trinajstić information content (AvgIpc) is 3.48. The number of nitrogens with zero attached hydrogens (tertiary/aromatic N) is 2. The Labute approximate surface area is 280 Å². The number of benzene rings is 1. The Hall–Kier alpha value is -4.45. The molecule has 1 aliphatic heterocycles. The smallest absolute Gasteiger partial charge is 0.455 e. The van der Waals surface area contributed by atoms with Crippen molar-refractivity contribution in [3.05, 3.63) is 52.1 Å². The van der Waals surface area contributed by atoms with Crippen LogP contribution in [0.2, 0.25) is 0 Å². The molecule has 6 N–H and O–H groups in total. The predicted molar refractivity (Wildman–Crippen MR) is 171 cm³/mol. The van der Waals surface area contributed by atoms with Crippen LogP contribution in [-0.4, -0.2) is 113 Å². The topological polar surface area (TPSA) is 237 Å². The number of aliphatic hydroxyl groups is 1. The number of H-pyrrole nitrogens is 1. The molecular formula is C30H39FN5O12P. The molecule has 0 spiro atoms.